The van der Waals surface area contributed by atoms with Crippen LogP contribution in [0.2, 0.25) is 5.02 Å². The van der Waals surface area contributed by atoms with Gasteiger partial charge in [-0.2, -0.15) is 0 Å². The highest BCUT2D eigenvalue weighted by Crippen LogP contribution is 2.41. The molecule has 1 aliphatic heterocycles. The van der Waals surface area contributed by atoms with Gasteiger partial charge >= 0.3 is 0 Å². The van der Waals surface area contributed by atoms with Crippen LogP contribution in [0.15, 0.2) is 76.5 Å². The third-order valence-corrected chi connectivity index (χ3v) is 6.13. The molecule has 0 unspecified atom stereocenters. The van der Waals surface area contributed by atoms with Crippen LogP contribution in [0, 0.1) is 0 Å². The molecule has 0 aromatic heterocycles. The summed E-state index contributed by atoms with van der Waals surface area (Å²) in [7, 11) is 0. The van der Waals surface area contributed by atoms with Crippen molar-refractivity contribution in [3.05, 3.63) is 88.4 Å². The molecule has 1 heterocycles. The lowest BCUT2D eigenvalue weighted by atomic mass is 10.1. The van der Waals surface area contributed by atoms with Gasteiger partial charge in [-0.1, -0.05) is 47.6 Å². The van der Waals surface area contributed by atoms with Gasteiger partial charge in [0.05, 0.1) is 11.3 Å². The van der Waals surface area contributed by atoms with Crippen LogP contribution in [0.25, 0.3) is 0 Å². The van der Waals surface area contributed by atoms with Crippen LogP contribution in [-0.2, 0) is 6.54 Å². The molecule has 0 spiro atoms. The summed E-state index contributed by atoms with van der Waals surface area (Å²) in [5.41, 5.74) is 2.89. The van der Waals surface area contributed by atoms with Gasteiger partial charge in [0.25, 0.3) is 11.8 Å². The molecule has 146 valence electrons. The molecule has 0 saturated carbocycles. The first kappa shape index (κ1) is 19.6. The maximum Gasteiger partial charge on any atom is 0.259 e. The number of nitrogens with one attached hydrogen (secondary N) is 1. The minimum Gasteiger partial charge on any atom is -0.348 e. The van der Waals surface area contributed by atoms with Crippen LogP contribution in [0.4, 0.5) is 5.69 Å². The zero-order chi connectivity index (χ0) is 20.4. The summed E-state index contributed by atoms with van der Waals surface area (Å²) in [6.07, 6.45) is 0. The van der Waals surface area contributed by atoms with Gasteiger partial charge in [0.2, 0.25) is 0 Å². The van der Waals surface area contributed by atoms with Crippen molar-refractivity contribution in [3.8, 4) is 0 Å². The molecule has 3 aromatic rings. The zero-order valence-electron chi connectivity index (χ0n) is 15.8. The van der Waals surface area contributed by atoms with Crippen molar-refractivity contribution < 1.29 is 9.59 Å². The predicted molar refractivity (Wildman–Crippen MR) is 117 cm³/mol. The van der Waals surface area contributed by atoms with E-state index in [9.17, 15) is 9.59 Å². The molecule has 4 rings (SSSR count). The first-order chi connectivity index (χ1) is 14.1. The number of halogens is 1. The number of fused-ring (bicyclic) bond motifs is 2. The Balaban J connectivity index is 1.61. The summed E-state index contributed by atoms with van der Waals surface area (Å²) >= 11 is 7.55. The number of hydrogen-bond donors (Lipinski definition) is 1. The molecular weight excluding hydrogens is 404 g/mol. The lowest BCUT2D eigenvalue weighted by Gasteiger charge is -2.21. The van der Waals surface area contributed by atoms with Crippen molar-refractivity contribution in [3.63, 3.8) is 0 Å². The second-order valence-corrected chi connectivity index (χ2v) is 8.16. The first-order valence-electron chi connectivity index (χ1n) is 9.32. The van der Waals surface area contributed by atoms with E-state index in [2.05, 4.69) is 5.32 Å². The Morgan fingerprint density at radius 2 is 1.86 bits per heavy atom. The van der Waals surface area contributed by atoms with E-state index in [1.165, 1.54) is 0 Å². The van der Waals surface area contributed by atoms with Crippen LogP contribution in [-0.4, -0.2) is 18.4 Å². The third-order valence-electron chi connectivity index (χ3n) is 4.75. The molecule has 4 nitrogen and oxygen atoms in total. The van der Waals surface area contributed by atoms with E-state index >= 15 is 0 Å². The number of rotatable bonds is 4. The zero-order valence-corrected chi connectivity index (χ0v) is 17.4. The molecule has 3 aromatic carbocycles. The Morgan fingerprint density at radius 3 is 2.66 bits per heavy atom. The quantitative estimate of drug-likeness (QED) is 0.612. The highest BCUT2D eigenvalue weighted by molar-refractivity contribution is 7.99. The molecular formula is C23H19ClN2O2S. The molecule has 2 amide bonds. The fourth-order valence-corrected chi connectivity index (χ4v) is 4.58. The van der Waals surface area contributed by atoms with E-state index in [0.717, 1.165) is 21.0 Å². The third kappa shape index (κ3) is 4.02. The fourth-order valence-electron chi connectivity index (χ4n) is 3.31. The number of nitrogens with zero attached hydrogens (tertiary/aromatic N) is 1. The van der Waals surface area contributed by atoms with Crippen molar-refractivity contribution in [2.24, 2.45) is 0 Å². The van der Waals surface area contributed by atoms with Crippen LogP contribution < -0.4 is 10.2 Å². The molecule has 6 heteroatoms. The molecule has 1 N–H and O–H groups in total. The highest BCUT2D eigenvalue weighted by atomic mass is 35.5. The molecule has 0 aliphatic carbocycles. The minimum absolute atomic E-state index is 0.0502. The topological polar surface area (TPSA) is 49.4 Å². The number of carbonyl (C=O) groups excluding carboxylic acids is 2. The van der Waals surface area contributed by atoms with Gasteiger partial charge in [-0.05, 0) is 55.0 Å². The van der Waals surface area contributed by atoms with Gasteiger partial charge in [0, 0.05) is 33.5 Å². The number of anilines is 1. The van der Waals surface area contributed by atoms with Crippen molar-refractivity contribution in [1.29, 1.82) is 0 Å². The van der Waals surface area contributed by atoms with Crippen molar-refractivity contribution >= 4 is 40.9 Å². The van der Waals surface area contributed by atoms with Gasteiger partial charge in [-0.15, -0.1) is 0 Å². The summed E-state index contributed by atoms with van der Waals surface area (Å²) in [5.74, 6) is -0.242. The van der Waals surface area contributed by atoms with Crippen LogP contribution >= 0.6 is 23.4 Å². The number of amides is 2. The minimum atomic E-state index is -0.192. The Kier molecular flexibility index (Phi) is 5.60. The monoisotopic (exact) mass is 422 g/mol. The molecule has 0 fully saturated rings. The maximum absolute atomic E-state index is 13.1. The predicted octanol–water partition coefficient (Wildman–Crippen LogP) is 5.40. The van der Waals surface area contributed by atoms with Gasteiger partial charge in [0.1, 0.15) is 0 Å². The van der Waals surface area contributed by atoms with E-state index in [4.69, 9.17) is 11.6 Å². The van der Waals surface area contributed by atoms with Crippen LogP contribution in [0.5, 0.6) is 0 Å². The molecule has 0 bridgehead atoms. The van der Waals surface area contributed by atoms with Crippen molar-refractivity contribution in [2.45, 2.75) is 23.3 Å². The van der Waals surface area contributed by atoms with Gasteiger partial charge in [-0.25, -0.2) is 0 Å². The largest absolute Gasteiger partial charge is 0.348 e. The van der Waals surface area contributed by atoms with E-state index in [-0.39, 0.29) is 11.8 Å². The average Bonchev–Trinajstić information content (AvgIpc) is 2.85. The second kappa shape index (κ2) is 8.31. The Labute approximate surface area is 178 Å². The smallest absolute Gasteiger partial charge is 0.259 e. The lowest BCUT2D eigenvalue weighted by molar-refractivity contribution is 0.0947. The summed E-state index contributed by atoms with van der Waals surface area (Å²) in [6, 6.07) is 20.5. The fraction of sp³-hybridized carbons (Fsp3) is 0.130. The normalized spacial score (nSPS) is 12.8. The summed E-state index contributed by atoms with van der Waals surface area (Å²) < 4.78 is 0. The van der Waals surface area contributed by atoms with Gasteiger partial charge in [0.15, 0.2) is 0 Å². The van der Waals surface area contributed by atoms with Crippen molar-refractivity contribution in [1.82, 2.24) is 5.32 Å². The Hall–Kier alpha value is -2.76. The van der Waals surface area contributed by atoms with Crippen LogP contribution in [0.3, 0.4) is 0 Å². The van der Waals surface area contributed by atoms with Crippen molar-refractivity contribution in [2.75, 3.05) is 11.4 Å². The van der Waals surface area contributed by atoms with Gasteiger partial charge in [-0.3, -0.25) is 9.59 Å². The van der Waals surface area contributed by atoms with Gasteiger partial charge < -0.3 is 10.2 Å². The van der Waals surface area contributed by atoms with E-state index in [0.29, 0.717) is 29.2 Å². The van der Waals surface area contributed by atoms with E-state index in [1.54, 1.807) is 34.9 Å². The summed E-state index contributed by atoms with van der Waals surface area (Å²) in [5, 5.41) is 3.55. The maximum atomic E-state index is 13.1. The number of benzene rings is 3. The molecule has 1 aliphatic rings. The first-order valence-corrected chi connectivity index (χ1v) is 10.5. The molecule has 0 saturated heterocycles. The Bertz CT molecular complexity index is 1100. The molecule has 29 heavy (non-hydrogen) atoms. The number of carbonyl (C=O) groups is 2. The Morgan fingerprint density at radius 1 is 1.03 bits per heavy atom. The van der Waals surface area contributed by atoms with E-state index in [1.807, 2.05) is 55.5 Å². The standard InChI is InChI=1S/C23H19ClN2O2S/c1-2-26-19-13-16(22(27)25-14-15-6-5-7-17(24)12-15)10-11-21(19)29-20-9-4-3-8-18(20)23(26)28/h3-13H,2,14H2,1H3,(H,25,27). The highest BCUT2D eigenvalue weighted by Gasteiger charge is 2.26. The summed E-state index contributed by atoms with van der Waals surface area (Å²) in [6.45, 7) is 2.84. The molecule has 0 radical (unpaired) electrons. The molecule has 0 atom stereocenters. The lowest BCUT2D eigenvalue weighted by Crippen LogP contribution is -2.31. The average molecular weight is 423 g/mol. The summed E-state index contributed by atoms with van der Waals surface area (Å²) in [4.78, 5) is 29.4. The van der Waals surface area contributed by atoms with Crippen LogP contribution in [0.1, 0.15) is 33.2 Å². The second-order valence-electron chi connectivity index (χ2n) is 6.64. The SMILES string of the molecule is CCN1C(=O)c2ccccc2Sc2ccc(C(=O)NCc3cccc(Cl)c3)cc21. The number of hydrogen-bond acceptors (Lipinski definition) is 3. The van der Waals surface area contributed by atoms with E-state index < -0.39 is 0 Å².